The van der Waals surface area contributed by atoms with Crippen molar-refractivity contribution in [3.05, 3.63) is 29.8 Å². The van der Waals surface area contributed by atoms with Crippen LogP contribution in [0.2, 0.25) is 0 Å². The van der Waals surface area contributed by atoms with Gasteiger partial charge in [-0.05, 0) is 24.1 Å². The third-order valence-corrected chi connectivity index (χ3v) is 1.69. The Morgan fingerprint density at radius 3 is 1.76 bits per heavy atom. The predicted molar refractivity (Wildman–Crippen MR) is 55.3 cm³/mol. The number of aliphatic carboxylic acids is 1. The summed E-state index contributed by atoms with van der Waals surface area (Å²) < 4.78 is 34.1. The van der Waals surface area contributed by atoms with Crippen LogP contribution in [-0.4, -0.2) is 34.6 Å². The molecule has 21 heavy (non-hydrogen) atoms. The Kier molecular flexibility index (Phi) is 19.9. The van der Waals surface area contributed by atoms with Crippen molar-refractivity contribution in [2.24, 2.45) is 5.73 Å². The van der Waals surface area contributed by atoms with Gasteiger partial charge in [-0.15, -0.1) is 0 Å². The van der Waals surface area contributed by atoms with Gasteiger partial charge in [0.25, 0.3) is 0 Å². The van der Waals surface area contributed by atoms with Gasteiger partial charge in [0, 0.05) is 16.4 Å². The molecule has 0 bridgehead atoms. The van der Waals surface area contributed by atoms with Gasteiger partial charge in [0.05, 0.1) is 5.97 Å². The molecule has 0 amide bonds. The van der Waals surface area contributed by atoms with Crippen molar-refractivity contribution in [3.63, 3.8) is 0 Å². The molecule has 132 valence electrons. The van der Waals surface area contributed by atoms with Gasteiger partial charge in [-0.2, -0.15) is 0 Å². The van der Waals surface area contributed by atoms with E-state index in [-0.39, 0.29) is 79.3 Å². The first kappa shape index (κ1) is 29.5. The van der Waals surface area contributed by atoms with E-state index in [9.17, 15) is 9.90 Å². The van der Waals surface area contributed by atoms with Crippen molar-refractivity contribution in [2.75, 3.05) is 0 Å². The number of benzene rings is 1. The number of phenolic OH excluding ortho intramolecular Hbond substituents is 1. The fourth-order valence-corrected chi connectivity index (χ4v) is 0.969. The first-order valence-electron chi connectivity index (χ1n) is 4.50. The second-order valence-electron chi connectivity index (χ2n) is 3.20. The van der Waals surface area contributed by atoms with E-state index in [0.717, 1.165) is 5.56 Å². The Morgan fingerprint density at radius 1 is 1.14 bits per heavy atom. The molecule has 0 aliphatic heterocycles. The van der Waals surface area contributed by atoms with E-state index < -0.39 is 22.4 Å². The van der Waals surface area contributed by atoms with E-state index in [1.807, 2.05) is 0 Å². The maximum absolute atomic E-state index is 10.3. The number of hydrogen-bond acceptors (Lipinski definition) is 8. The molecule has 1 rings (SSSR count). The Labute approximate surface area is 168 Å². The van der Waals surface area contributed by atoms with E-state index in [1.54, 1.807) is 12.1 Å². The molecule has 0 fully saturated rings. The number of rotatable bonds is 3. The summed E-state index contributed by atoms with van der Waals surface area (Å²) in [6.45, 7) is 0. The summed E-state index contributed by atoms with van der Waals surface area (Å²) in [4.78, 5) is 10.3. The third kappa shape index (κ3) is 20.5. The van der Waals surface area contributed by atoms with Gasteiger partial charge >= 0.3 is 67.1 Å². The zero-order valence-corrected chi connectivity index (χ0v) is 15.1. The van der Waals surface area contributed by atoms with Gasteiger partial charge in [0.15, 0.2) is 0 Å². The number of hydrogen-bond donors (Lipinski definition) is 2. The van der Waals surface area contributed by atoms with Crippen LogP contribution in [0.3, 0.4) is 0 Å². The number of phenols is 1. The summed E-state index contributed by atoms with van der Waals surface area (Å²) >= 11 is 0. The van der Waals surface area contributed by atoms with E-state index in [2.05, 4.69) is 0 Å². The topological polar surface area (TPSA) is 167 Å². The van der Waals surface area contributed by atoms with E-state index in [4.69, 9.17) is 28.4 Å². The molecule has 1 atom stereocenters. The van der Waals surface area contributed by atoms with Crippen molar-refractivity contribution in [1.29, 1.82) is 0 Å². The summed E-state index contributed by atoms with van der Waals surface area (Å²) in [5, 5.41) is 19.2. The summed E-state index contributed by atoms with van der Waals surface area (Å²) in [6, 6.07) is 5.22. The number of aromatic hydroxyl groups is 1. The number of carbonyl (C=O) groups excluding carboxylic acids is 1. The molecule has 12 heteroatoms. The SMILES string of the molecule is N[C@@H](Cc1ccc(O)cc1)C(=O)[O-].O=S(=O)([O-])[O-].[Ag+].[Ag+].[Ag+]. The zero-order chi connectivity index (χ0) is 14.3. The molecule has 0 spiro atoms. The van der Waals surface area contributed by atoms with Crippen LogP contribution in [0.1, 0.15) is 5.56 Å². The summed E-state index contributed by atoms with van der Waals surface area (Å²) in [7, 11) is -5.17. The molecular weight excluding hydrogens is 590 g/mol. The quantitative estimate of drug-likeness (QED) is 0.222. The van der Waals surface area contributed by atoms with Crippen LogP contribution in [0.4, 0.5) is 0 Å². The summed E-state index contributed by atoms with van der Waals surface area (Å²) in [6.07, 6.45) is 0.211. The largest absolute Gasteiger partial charge is 1.00 e. The molecule has 1 aromatic rings. The molecule has 0 heterocycles. The van der Waals surface area contributed by atoms with Crippen molar-refractivity contribution in [1.82, 2.24) is 0 Å². The van der Waals surface area contributed by atoms with Crippen molar-refractivity contribution in [3.8, 4) is 5.75 Å². The van der Waals surface area contributed by atoms with Crippen molar-refractivity contribution < 1.29 is 99.7 Å². The standard InChI is InChI=1S/C9H11NO3.3Ag.H2O4S/c10-8(9(12)13)5-6-1-3-7(11)4-2-6;;;;1-5(2,3)4/h1-4,8,11H,5,10H2,(H,12,13);;;;(H2,1,2,3,4)/q;3*+1;/p-3/t8-;;;;/m0..../s1. The normalized spacial score (nSPS) is 10.4. The van der Waals surface area contributed by atoms with Gasteiger partial charge in [-0.3, -0.25) is 8.42 Å². The second kappa shape index (κ2) is 14.2. The molecular formula is C9H10Ag3NO7S. The van der Waals surface area contributed by atoms with Crippen LogP contribution in [0, 0.1) is 0 Å². The first-order valence-corrected chi connectivity index (χ1v) is 5.84. The number of carboxylic acid groups (broad SMARTS) is 1. The van der Waals surface area contributed by atoms with E-state index in [0.29, 0.717) is 0 Å². The van der Waals surface area contributed by atoms with E-state index >= 15 is 0 Å². The molecule has 0 saturated carbocycles. The molecule has 3 N–H and O–H groups in total. The monoisotopic (exact) mass is 597 g/mol. The minimum atomic E-state index is -5.17. The van der Waals surface area contributed by atoms with Crippen molar-refractivity contribution in [2.45, 2.75) is 12.5 Å². The summed E-state index contributed by atoms with van der Waals surface area (Å²) in [5.74, 6) is -1.13. The maximum Gasteiger partial charge on any atom is 1.00 e. The molecule has 8 nitrogen and oxygen atoms in total. The predicted octanol–water partition coefficient (Wildman–Crippen LogP) is -2.33. The Balaban J connectivity index is -0.000000159. The average molecular weight is 600 g/mol. The third-order valence-electron chi connectivity index (χ3n) is 1.69. The van der Waals surface area contributed by atoms with Crippen molar-refractivity contribution >= 4 is 16.4 Å². The van der Waals surface area contributed by atoms with Gasteiger partial charge in [-0.25, -0.2) is 0 Å². The Morgan fingerprint density at radius 2 is 1.48 bits per heavy atom. The minimum Gasteiger partial charge on any atom is -0.759 e. The summed E-state index contributed by atoms with van der Waals surface area (Å²) in [5.41, 5.74) is 6.02. The van der Waals surface area contributed by atoms with Crippen LogP contribution in [0.25, 0.3) is 0 Å². The molecule has 0 unspecified atom stereocenters. The fourth-order valence-electron chi connectivity index (χ4n) is 0.969. The Hall–Kier alpha value is 0.541. The van der Waals surface area contributed by atoms with Gasteiger partial charge in [0.2, 0.25) is 0 Å². The Bertz CT molecular complexity index is 487. The van der Waals surface area contributed by atoms with Crippen LogP contribution < -0.4 is 10.8 Å². The maximum atomic E-state index is 10.3. The number of carbonyl (C=O) groups is 1. The average Bonchev–Trinajstić information content (AvgIpc) is 2.18. The molecule has 0 radical (unpaired) electrons. The molecule has 0 aliphatic rings. The molecule has 0 saturated heterocycles. The van der Waals surface area contributed by atoms with Crippen LogP contribution in [-0.2, 0) is 88.8 Å². The fraction of sp³-hybridized carbons (Fsp3) is 0.222. The molecule has 1 aromatic carbocycles. The second-order valence-corrected chi connectivity index (χ2v) is 4.02. The molecule has 0 aromatic heterocycles. The van der Waals surface area contributed by atoms with Crippen LogP contribution in [0.15, 0.2) is 24.3 Å². The van der Waals surface area contributed by atoms with Gasteiger partial charge in [0.1, 0.15) is 5.75 Å². The van der Waals surface area contributed by atoms with Crippen LogP contribution >= 0.6 is 0 Å². The van der Waals surface area contributed by atoms with E-state index in [1.165, 1.54) is 12.1 Å². The zero-order valence-electron chi connectivity index (χ0n) is 9.88. The number of carboxylic acids is 1. The minimum absolute atomic E-state index is 0. The van der Waals surface area contributed by atoms with Gasteiger partial charge in [-0.1, -0.05) is 12.1 Å². The smallest absolute Gasteiger partial charge is 0.759 e. The van der Waals surface area contributed by atoms with Crippen LogP contribution in [0.5, 0.6) is 5.75 Å². The number of nitrogens with two attached hydrogens (primary N) is 1. The van der Waals surface area contributed by atoms with Gasteiger partial charge < -0.3 is 29.8 Å². The molecule has 0 aliphatic carbocycles. The first-order chi connectivity index (χ1) is 8.09.